The predicted molar refractivity (Wildman–Crippen MR) is 137 cm³/mol. The first-order valence-electron chi connectivity index (χ1n) is 13.1. The third-order valence-electron chi connectivity index (χ3n) is 8.47. The van der Waals surface area contributed by atoms with Crippen LogP contribution in [0.15, 0.2) is 43.1 Å². The first-order chi connectivity index (χ1) is 18.0. The maximum atomic E-state index is 14.0. The van der Waals surface area contributed by atoms with E-state index in [-0.39, 0.29) is 5.41 Å². The van der Waals surface area contributed by atoms with Crippen molar-refractivity contribution in [1.29, 1.82) is 0 Å². The number of anilines is 1. The highest BCUT2D eigenvalue weighted by atomic mass is 19.1. The normalized spacial score (nSPS) is 25.6. The van der Waals surface area contributed by atoms with Gasteiger partial charge in [0.15, 0.2) is 5.82 Å². The number of pyridine rings is 2. The van der Waals surface area contributed by atoms with Gasteiger partial charge in [0.1, 0.15) is 12.5 Å². The number of halogens is 1. The van der Waals surface area contributed by atoms with Crippen molar-refractivity contribution < 1.29 is 9.23 Å². The van der Waals surface area contributed by atoms with Crippen molar-refractivity contribution in [1.82, 2.24) is 35.0 Å². The summed E-state index contributed by atoms with van der Waals surface area (Å²) in [6.45, 7) is 5.04. The van der Waals surface area contributed by atoms with Crippen molar-refractivity contribution in [3.05, 3.63) is 54.5 Å². The lowest BCUT2D eigenvalue weighted by Crippen LogP contribution is -2.46. The Balaban J connectivity index is 1.01. The topological polar surface area (TPSA) is 96.8 Å². The largest absolute Gasteiger partial charge is 0.357 e. The number of hydrogen-bond acceptors (Lipinski definition) is 7. The Labute approximate surface area is 214 Å². The standard InChI is InChI=1S/C27H31FN8O/c1-17(27-8-20(9-27)24(28)10-27)30-13-21-5-18-12-31-22(7-25(18)33-21)15-35-16-32-26(34-35)19-6-23(14-29-11-19)36-3-2-4-37-36/h5-7,11-12,14,16-17,20,24,30,33H,2-4,8-10,13,15H2,1H3. The molecule has 37 heavy (non-hydrogen) atoms. The summed E-state index contributed by atoms with van der Waals surface area (Å²) in [6, 6.07) is 6.52. The second-order valence-corrected chi connectivity index (χ2v) is 10.9. The van der Waals surface area contributed by atoms with Crippen LogP contribution in [-0.2, 0) is 17.9 Å². The molecule has 2 atom stereocenters. The predicted octanol–water partition coefficient (Wildman–Crippen LogP) is 4.02. The van der Waals surface area contributed by atoms with Gasteiger partial charge in [-0.05, 0) is 62.1 Å². The Kier molecular flexibility index (Phi) is 5.47. The molecule has 3 aliphatic carbocycles. The third kappa shape index (κ3) is 4.18. The zero-order valence-corrected chi connectivity index (χ0v) is 20.9. The Morgan fingerprint density at radius 1 is 1.19 bits per heavy atom. The van der Waals surface area contributed by atoms with Crippen LogP contribution in [0, 0.1) is 11.3 Å². The van der Waals surface area contributed by atoms with Crippen LogP contribution in [0.3, 0.4) is 0 Å². The molecule has 4 fully saturated rings. The van der Waals surface area contributed by atoms with Crippen LogP contribution in [-0.4, -0.2) is 55.1 Å². The van der Waals surface area contributed by atoms with Gasteiger partial charge >= 0.3 is 0 Å². The Bertz CT molecular complexity index is 1420. The smallest absolute Gasteiger partial charge is 0.182 e. The van der Waals surface area contributed by atoms with Gasteiger partial charge in [-0.3, -0.25) is 19.9 Å². The molecule has 4 aromatic rings. The molecule has 2 unspecified atom stereocenters. The number of hydrogen-bond donors (Lipinski definition) is 2. The van der Waals surface area contributed by atoms with E-state index < -0.39 is 6.17 Å². The van der Waals surface area contributed by atoms with E-state index >= 15 is 0 Å². The minimum atomic E-state index is -0.603. The quantitative estimate of drug-likeness (QED) is 0.376. The van der Waals surface area contributed by atoms with Crippen LogP contribution in [0.1, 0.15) is 44.0 Å². The highest BCUT2D eigenvalue weighted by molar-refractivity contribution is 5.79. The van der Waals surface area contributed by atoms with E-state index in [1.54, 1.807) is 23.4 Å². The average molecular weight is 503 g/mol. The summed E-state index contributed by atoms with van der Waals surface area (Å²) in [6.07, 6.45) is 10.4. The fraction of sp³-hybridized carbons (Fsp3) is 0.481. The molecule has 192 valence electrons. The maximum Gasteiger partial charge on any atom is 0.182 e. The van der Waals surface area contributed by atoms with E-state index in [1.165, 1.54) is 0 Å². The Morgan fingerprint density at radius 3 is 2.92 bits per heavy atom. The molecule has 5 heterocycles. The number of fused-ring (bicyclic) bond motifs is 2. The molecule has 0 amide bonds. The highest BCUT2D eigenvalue weighted by Gasteiger charge is 2.58. The average Bonchev–Trinajstić information content (AvgIpc) is 3.70. The number of nitrogens with one attached hydrogen (secondary N) is 2. The summed E-state index contributed by atoms with van der Waals surface area (Å²) in [7, 11) is 0. The third-order valence-corrected chi connectivity index (χ3v) is 8.47. The minimum absolute atomic E-state index is 0.154. The van der Waals surface area contributed by atoms with Crippen LogP contribution in [0.25, 0.3) is 22.3 Å². The molecule has 2 N–H and O–H groups in total. The number of aromatic nitrogens is 6. The molecule has 8 rings (SSSR count). The molecule has 0 spiro atoms. The van der Waals surface area contributed by atoms with E-state index in [2.05, 4.69) is 49.4 Å². The summed E-state index contributed by atoms with van der Waals surface area (Å²) < 4.78 is 15.8. The van der Waals surface area contributed by atoms with Crippen LogP contribution in [0.5, 0.6) is 0 Å². The van der Waals surface area contributed by atoms with E-state index in [0.717, 1.165) is 72.5 Å². The summed E-state index contributed by atoms with van der Waals surface area (Å²) in [5.41, 5.74) is 4.97. The number of H-pyrrole nitrogens is 1. The number of rotatable bonds is 8. The van der Waals surface area contributed by atoms with Gasteiger partial charge in [-0.25, -0.2) is 14.1 Å². The highest BCUT2D eigenvalue weighted by Crippen LogP contribution is 2.61. The van der Waals surface area contributed by atoms with Gasteiger partial charge in [0.05, 0.1) is 30.7 Å². The number of hydroxylamine groups is 1. The van der Waals surface area contributed by atoms with Gasteiger partial charge in [-0.2, -0.15) is 5.10 Å². The lowest BCUT2D eigenvalue weighted by molar-refractivity contribution is 0.0886. The van der Waals surface area contributed by atoms with Crippen molar-refractivity contribution in [2.75, 3.05) is 18.2 Å². The number of alkyl halides is 1. The molecule has 10 heteroatoms. The number of nitrogens with zero attached hydrogens (tertiary/aromatic N) is 6. The molecule has 1 aliphatic heterocycles. The summed E-state index contributed by atoms with van der Waals surface area (Å²) in [5.74, 6) is 0.921. The van der Waals surface area contributed by atoms with Gasteiger partial charge in [-0.1, -0.05) is 0 Å². The van der Waals surface area contributed by atoms with Crippen LogP contribution < -0.4 is 10.4 Å². The molecule has 0 aromatic carbocycles. The monoisotopic (exact) mass is 502 g/mol. The van der Waals surface area contributed by atoms with E-state index in [0.29, 0.717) is 30.7 Å². The van der Waals surface area contributed by atoms with Crippen molar-refractivity contribution in [3.8, 4) is 11.4 Å². The van der Waals surface area contributed by atoms with Crippen molar-refractivity contribution >= 4 is 16.6 Å². The first-order valence-corrected chi connectivity index (χ1v) is 13.1. The first kappa shape index (κ1) is 22.8. The Morgan fingerprint density at radius 2 is 2.11 bits per heavy atom. The fourth-order valence-electron chi connectivity index (χ4n) is 6.29. The van der Waals surface area contributed by atoms with E-state index in [4.69, 9.17) is 4.84 Å². The second-order valence-electron chi connectivity index (χ2n) is 10.9. The van der Waals surface area contributed by atoms with Gasteiger partial charge in [0, 0.05) is 53.7 Å². The van der Waals surface area contributed by atoms with Gasteiger partial charge in [0.25, 0.3) is 0 Å². The lowest BCUT2D eigenvalue weighted by atomic mass is 9.65. The molecule has 1 saturated heterocycles. The van der Waals surface area contributed by atoms with E-state index in [9.17, 15) is 4.39 Å². The fourth-order valence-corrected chi connectivity index (χ4v) is 6.29. The van der Waals surface area contributed by atoms with Crippen molar-refractivity contribution in [3.63, 3.8) is 0 Å². The molecular weight excluding hydrogens is 471 g/mol. The maximum absolute atomic E-state index is 14.0. The van der Waals surface area contributed by atoms with Crippen LogP contribution in [0.4, 0.5) is 10.1 Å². The van der Waals surface area contributed by atoms with Gasteiger partial charge < -0.3 is 10.3 Å². The van der Waals surface area contributed by atoms with Crippen LogP contribution in [0.2, 0.25) is 0 Å². The summed E-state index contributed by atoms with van der Waals surface area (Å²) in [4.78, 5) is 22.6. The number of aromatic amines is 1. The molecule has 9 nitrogen and oxygen atoms in total. The summed E-state index contributed by atoms with van der Waals surface area (Å²) >= 11 is 0. The Hall–Kier alpha value is -3.37. The molecule has 2 bridgehead atoms. The lowest BCUT2D eigenvalue weighted by Gasteiger charge is -2.43. The zero-order chi connectivity index (χ0) is 25.0. The van der Waals surface area contributed by atoms with Gasteiger partial charge in [-0.15, -0.1) is 0 Å². The molecule has 4 aliphatic rings. The molecule has 0 radical (unpaired) electrons. The van der Waals surface area contributed by atoms with Gasteiger partial charge in [0.2, 0.25) is 0 Å². The zero-order valence-electron chi connectivity index (χ0n) is 20.9. The van der Waals surface area contributed by atoms with Crippen LogP contribution >= 0.6 is 0 Å². The minimum Gasteiger partial charge on any atom is -0.357 e. The molecule has 4 aromatic heterocycles. The van der Waals surface area contributed by atoms with E-state index in [1.807, 2.05) is 17.3 Å². The van der Waals surface area contributed by atoms with Crippen molar-refractivity contribution in [2.45, 2.75) is 57.9 Å². The van der Waals surface area contributed by atoms with Crippen molar-refractivity contribution in [2.24, 2.45) is 11.3 Å². The summed E-state index contributed by atoms with van der Waals surface area (Å²) in [5, 5.41) is 11.2. The second kappa shape index (κ2) is 8.88. The molecular formula is C27H31FN8O. The molecule has 3 saturated carbocycles. The SMILES string of the molecule is CC(NCc1cc2cnc(Cn3cnc(-c4cncc(N5CCCO5)c4)n3)cc2[nH]1)C12CC(F)C(C1)C2.